The lowest BCUT2D eigenvalue weighted by Gasteiger charge is -2.38. The molecule has 1 aliphatic heterocycles. The van der Waals surface area contributed by atoms with Crippen molar-refractivity contribution in [2.75, 3.05) is 20.6 Å². The minimum Gasteiger partial charge on any atom is -0.504 e. The SMILES string of the molecule is COc1cc(F)c(C[C@H](C)[C@]23C[C@H](CCCF)C(=O)C=C2OCO3)cc1O. The number of alkyl halides is 1. The molecule has 1 heterocycles. The second-order valence-corrected chi connectivity index (χ2v) is 7.16. The third-order valence-corrected chi connectivity index (χ3v) is 5.53. The Kier molecular flexibility index (Phi) is 5.69. The number of hydrogen-bond donors (Lipinski definition) is 1. The molecule has 5 nitrogen and oxygen atoms in total. The van der Waals surface area contributed by atoms with Crippen molar-refractivity contribution in [3.8, 4) is 11.5 Å². The molecule has 148 valence electrons. The molecule has 1 N–H and O–H groups in total. The second kappa shape index (κ2) is 7.84. The smallest absolute Gasteiger partial charge is 0.189 e. The number of carbonyl (C=O) groups is 1. The van der Waals surface area contributed by atoms with Gasteiger partial charge >= 0.3 is 0 Å². The first-order valence-electron chi connectivity index (χ1n) is 9.05. The first-order valence-corrected chi connectivity index (χ1v) is 9.05. The van der Waals surface area contributed by atoms with Gasteiger partial charge < -0.3 is 19.3 Å². The number of ether oxygens (including phenoxy) is 3. The zero-order valence-electron chi connectivity index (χ0n) is 15.5. The van der Waals surface area contributed by atoms with Crippen molar-refractivity contribution in [1.82, 2.24) is 0 Å². The lowest BCUT2D eigenvalue weighted by Crippen LogP contribution is -2.45. The van der Waals surface area contributed by atoms with Gasteiger partial charge in [-0.2, -0.15) is 0 Å². The molecular weight excluding hydrogens is 358 g/mol. The molecule has 0 unspecified atom stereocenters. The number of ketones is 1. The van der Waals surface area contributed by atoms with Crippen LogP contribution in [0.3, 0.4) is 0 Å². The quantitative estimate of drug-likeness (QED) is 0.779. The van der Waals surface area contributed by atoms with Crippen molar-refractivity contribution in [1.29, 1.82) is 0 Å². The standard InChI is InChI=1S/C20H24F2O5/c1-12(6-14-7-17(24)18(25-2)8-15(14)22)20-10-13(4-3-5-21)16(23)9-19(20)26-11-27-20/h7-9,12-13,24H,3-6,10-11H2,1-2H3/t12-,13-,20+/m0/s1. The molecule has 2 aliphatic rings. The zero-order chi connectivity index (χ0) is 19.6. The first kappa shape index (κ1) is 19.6. The van der Waals surface area contributed by atoms with Crippen LogP contribution < -0.4 is 4.74 Å². The number of allylic oxidation sites excluding steroid dienone is 1. The van der Waals surface area contributed by atoms with Gasteiger partial charge in [0, 0.05) is 18.1 Å². The third-order valence-electron chi connectivity index (χ3n) is 5.53. The van der Waals surface area contributed by atoms with E-state index in [0.717, 1.165) is 6.07 Å². The monoisotopic (exact) mass is 382 g/mol. The molecule has 0 radical (unpaired) electrons. The van der Waals surface area contributed by atoms with Gasteiger partial charge in [0.2, 0.25) is 0 Å². The van der Waals surface area contributed by atoms with Gasteiger partial charge in [0.1, 0.15) is 17.2 Å². The number of aromatic hydroxyl groups is 1. The third kappa shape index (κ3) is 3.65. The lowest BCUT2D eigenvalue weighted by molar-refractivity contribution is -0.123. The Bertz CT molecular complexity index is 748. The molecule has 0 aromatic heterocycles. The van der Waals surface area contributed by atoms with E-state index in [4.69, 9.17) is 14.2 Å². The summed E-state index contributed by atoms with van der Waals surface area (Å²) >= 11 is 0. The van der Waals surface area contributed by atoms with Crippen molar-refractivity contribution < 1.29 is 32.9 Å². The van der Waals surface area contributed by atoms with Gasteiger partial charge in [-0.15, -0.1) is 0 Å². The molecule has 7 heteroatoms. The number of methoxy groups -OCH3 is 1. The predicted molar refractivity (Wildman–Crippen MR) is 93.7 cm³/mol. The highest BCUT2D eigenvalue weighted by Crippen LogP contribution is 2.47. The molecule has 0 spiro atoms. The van der Waals surface area contributed by atoms with E-state index in [1.165, 1.54) is 19.3 Å². The number of carbonyl (C=O) groups excluding carboxylic acids is 1. The van der Waals surface area contributed by atoms with E-state index in [0.29, 0.717) is 30.6 Å². The maximum absolute atomic E-state index is 14.4. The van der Waals surface area contributed by atoms with E-state index >= 15 is 0 Å². The molecule has 1 aromatic carbocycles. The van der Waals surface area contributed by atoms with Crippen molar-refractivity contribution in [2.24, 2.45) is 11.8 Å². The van der Waals surface area contributed by atoms with Crippen LogP contribution in [0.2, 0.25) is 0 Å². The fourth-order valence-electron chi connectivity index (χ4n) is 3.98. The summed E-state index contributed by atoms with van der Waals surface area (Å²) in [6, 6.07) is 2.49. The summed E-state index contributed by atoms with van der Waals surface area (Å²) in [6.07, 6.45) is 2.84. The summed E-state index contributed by atoms with van der Waals surface area (Å²) in [5.41, 5.74) is -0.529. The summed E-state index contributed by atoms with van der Waals surface area (Å²) in [6.45, 7) is 1.44. The van der Waals surface area contributed by atoms with Crippen molar-refractivity contribution in [2.45, 2.75) is 38.2 Å². The fraction of sp³-hybridized carbons (Fsp3) is 0.550. The summed E-state index contributed by atoms with van der Waals surface area (Å²) in [7, 11) is 1.35. The van der Waals surface area contributed by atoms with Crippen LogP contribution in [0.1, 0.15) is 31.7 Å². The van der Waals surface area contributed by atoms with E-state index in [-0.39, 0.29) is 42.3 Å². The number of phenolic OH excluding ortho intramolecular Hbond substituents is 1. The topological polar surface area (TPSA) is 65.0 Å². The van der Waals surface area contributed by atoms with Gasteiger partial charge in [0.15, 0.2) is 24.1 Å². The molecule has 3 rings (SSSR count). The van der Waals surface area contributed by atoms with Gasteiger partial charge in [-0.25, -0.2) is 4.39 Å². The van der Waals surface area contributed by atoms with Crippen LogP contribution in [0.15, 0.2) is 24.0 Å². The van der Waals surface area contributed by atoms with Gasteiger partial charge in [-0.05, 0) is 43.2 Å². The van der Waals surface area contributed by atoms with Crippen LogP contribution in [0, 0.1) is 17.7 Å². The Labute approximate surface area is 156 Å². The van der Waals surface area contributed by atoms with Crippen molar-refractivity contribution in [3.05, 3.63) is 35.3 Å². The van der Waals surface area contributed by atoms with Gasteiger partial charge in [-0.1, -0.05) is 6.92 Å². The maximum Gasteiger partial charge on any atom is 0.189 e. The Hall–Kier alpha value is -2.15. The second-order valence-electron chi connectivity index (χ2n) is 7.16. The zero-order valence-corrected chi connectivity index (χ0v) is 15.5. The summed E-state index contributed by atoms with van der Waals surface area (Å²) in [5.74, 6) is -0.763. The molecule has 3 atom stereocenters. The molecule has 27 heavy (non-hydrogen) atoms. The van der Waals surface area contributed by atoms with Crippen LogP contribution in [0.25, 0.3) is 0 Å². The molecule has 0 bridgehead atoms. The average molecular weight is 382 g/mol. The summed E-state index contributed by atoms with van der Waals surface area (Å²) in [5, 5.41) is 9.96. The van der Waals surface area contributed by atoms with Gasteiger partial charge in [0.05, 0.1) is 13.8 Å². The Morgan fingerprint density at radius 1 is 1.44 bits per heavy atom. The summed E-state index contributed by atoms with van der Waals surface area (Å²) < 4.78 is 43.3. The van der Waals surface area contributed by atoms with E-state index in [1.54, 1.807) is 0 Å². The Morgan fingerprint density at radius 3 is 2.93 bits per heavy atom. The number of hydrogen-bond acceptors (Lipinski definition) is 5. The van der Waals surface area contributed by atoms with E-state index in [1.807, 2.05) is 6.92 Å². The van der Waals surface area contributed by atoms with Crippen molar-refractivity contribution in [3.63, 3.8) is 0 Å². The lowest BCUT2D eigenvalue weighted by atomic mass is 9.71. The number of benzene rings is 1. The highest BCUT2D eigenvalue weighted by Gasteiger charge is 2.51. The van der Waals surface area contributed by atoms with Gasteiger partial charge in [0.25, 0.3) is 0 Å². The highest BCUT2D eigenvalue weighted by atomic mass is 19.1. The molecule has 1 aromatic rings. The average Bonchev–Trinajstić information content (AvgIpc) is 3.06. The van der Waals surface area contributed by atoms with E-state index in [2.05, 4.69) is 0 Å². The van der Waals surface area contributed by atoms with Crippen LogP contribution in [-0.4, -0.2) is 37.1 Å². The number of phenols is 1. The molecule has 1 aliphatic carbocycles. The highest BCUT2D eigenvalue weighted by molar-refractivity contribution is 5.93. The molecule has 1 fully saturated rings. The minimum absolute atomic E-state index is 0.0234. The van der Waals surface area contributed by atoms with Crippen LogP contribution in [-0.2, 0) is 20.7 Å². The summed E-state index contributed by atoms with van der Waals surface area (Å²) in [4.78, 5) is 12.3. The number of fused-ring (bicyclic) bond motifs is 1. The molecule has 1 saturated heterocycles. The van der Waals surface area contributed by atoms with E-state index < -0.39 is 18.1 Å². The van der Waals surface area contributed by atoms with E-state index in [9.17, 15) is 18.7 Å². The van der Waals surface area contributed by atoms with Gasteiger partial charge in [-0.3, -0.25) is 9.18 Å². The van der Waals surface area contributed by atoms with Crippen LogP contribution in [0.5, 0.6) is 11.5 Å². The van der Waals surface area contributed by atoms with Crippen LogP contribution >= 0.6 is 0 Å². The minimum atomic E-state index is -0.850. The Morgan fingerprint density at radius 2 is 2.22 bits per heavy atom. The molecule has 0 saturated carbocycles. The molecule has 0 amide bonds. The Balaban J connectivity index is 1.86. The number of rotatable bonds is 7. The van der Waals surface area contributed by atoms with Crippen molar-refractivity contribution >= 4 is 5.78 Å². The fourth-order valence-corrected chi connectivity index (χ4v) is 3.98. The molecular formula is C20H24F2O5. The maximum atomic E-state index is 14.4. The first-order chi connectivity index (χ1) is 12.9. The number of halogens is 2. The van der Waals surface area contributed by atoms with Crippen LogP contribution in [0.4, 0.5) is 8.78 Å². The largest absolute Gasteiger partial charge is 0.504 e. The normalized spacial score (nSPS) is 25.6. The predicted octanol–water partition coefficient (Wildman–Crippen LogP) is 3.68.